The van der Waals surface area contributed by atoms with Crippen molar-refractivity contribution in [1.82, 2.24) is 14.8 Å². The summed E-state index contributed by atoms with van der Waals surface area (Å²) in [4.78, 5) is 2.35. The van der Waals surface area contributed by atoms with Gasteiger partial charge < -0.3 is 15.0 Å². The van der Waals surface area contributed by atoms with Gasteiger partial charge in [0.2, 0.25) is 0 Å². The SMILES string of the molecule is O[C@@H](CN1CCNCC1)[C@H](c1ccccc1)n1ccc2ccccc21. The summed E-state index contributed by atoms with van der Waals surface area (Å²) in [6.07, 6.45) is 1.64. The molecule has 1 aliphatic rings. The lowest BCUT2D eigenvalue weighted by Gasteiger charge is -2.33. The molecule has 1 aliphatic heterocycles. The van der Waals surface area contributed by atoms with E-state index < -0.39 is 6.10 Å². The van der Waals surface area contributed by atoms with Gasteiger partial charge in [-0.25, -0.2) is 0 Å². The number of piperazine rings is 1. The minimum atomic E-state index is -0.462. The molecule has 1 fully saturated rings. The molecule has 0 saturated carbocycles. The standard InChI is InChI=1S/C21H25N3O/c25-20(16-23-14-11-22-12-15-23)21(18-7-2-1-3-8-18)24-13-10-17-6-4-5-9-19(17)24/h1-10,13,20-22,25H,11-12,14-16H2/t20-,21-/m0/s1. The van der Waals surface area contributed by atoms with Gasteiger partial charge in [-0.05, 0) is 23.1 Å². The molecule has 25 heavy (non-hydrogen) atoms. The molecule has 0 amide bonds. The van der Waals surface area contributed by atoms with Crippen molar-refractivity contribution in [2.24, 2.45) is 0 Å². The molecule has 4 heteroatoms. The Labute approximate surface area is 148 Å². The Hall–Kier alpha value is -2.14. The van der Waals surface area contributed by atoms with E-state index in [1.165, 1.54) is 5.39 Å². The van der Waals surface area contributed by atoms with Crippen molar-refractivity contribution in [3.8, 4) is 0 Å². The van der Waals surface area contributed by atoms with Gasteiger partial charge in [0.05, 0.1) is 12.1 Å². The molecule has 4 rings (SSSR count). The lowest BCUT2D eigenvalue weighted by atomic mass is 10.00. The molecule has 2 aromatic carbocycles. The maximum absolute atomic E-state index is 11.2. The zero-order chi connectivity index (χ0) is 17.1. The second-order valence-corrected chi connectivity index (χ2v) is 6.76. The first kappa shape index (κ1) is 16.3. The highest BCUT2D eigenvalue weighted by Gasteiger charge is 2.26. The Morgan fingerprint density at radius 3 is 2.44 bits per heavy atom. The summed E-state index contributed by atoms with van der Waals surface area (Å²) >= 11 is 0. The number of nitrogens with one attached hydrogen (secondary N) is 1. The molecule has 0 bridgehead atoms. The number of rotatable bonds is 5. The van der Waals surface area contributed by atoms with Gasteiger partial charge in [0.1, 0.15) is 0 Å². The van der Waals surface area contributed by atoms with Crippen LogP contribution in [-0.2, 0) is 0 Å². The first-order valence-electron chi connectivity index (χ1n) is 9.04. The van der Waals surface area contributed by atoms with Gasteiger partial charge in [-0.15, -0.1) is 0 Å². The van der Waals surface area contributed by atoms with Crippen LogP contribution in [0.5, 0.6) is 0 Å². The second kappa shape index (κ2) is 7.40. The van der Waals surface area contributed by atoms with E-state index >= 15 is 0 Å². The fraction of sp³-hybridized carbons (Fsp3) is 0.333. The zero-order valence-corrected chi connectivity index (χ0v) is 14.4. The number of para-hydroxylation sites is 1. The molecule has 1 aromatic heterocycles. The van der Waals surface area contributed by atoms with Gasteiger partial charge in [0.25, 0.3) is 0 Å². The van der Waals surface area contributed by atoms with Crippen LogP contribution in [0.1, 0.15) is 11.6 Å². The van der Waals surface area contributed by atoms with E-state index in [4.69, 9.17) is 0 Å². The van der Waals surface area contributed by atoms with Gasteiger partial charge in [0.15, 0.2) is 0 Å². The number of hydrogen-bond acceptors (Lipinski definition) is 3. The van der Waals surface area contributed by atoms with Gasteiger partial charge in [-0.1, -0.05) is 48.5 Å². The van der Waals surface area contributed by atoms with Crippen molar-refractivity contribution >= 4 is 10.9 Å². The van der Waals surface area contributed by atoms with Crippen LogP contribution in [0.2, 0.25) is 0 Å². The average Bonchev–Trinajstić information content (AvgIpc) is 3.08. The van der Waals surface area contributed by atoms with E-state index in [0.717, 1.165) is 37.3 Å². The van der Waals surface area contributed by atoms with Gasteiger partial charge >= 0.3 is 0 Å². The largest absolute Gasteiger partial charge is 0.389 e. The summed E-state index contributed by atoms with van der Waals surface area (Å²) in [5.41, 5.74) is 2.31. The van der Waals surface area contributed by atoms with Crippen molar-refractivity contribution < 1.29 is 5.11 Å². The Morgan fingerprint density at radius 2 is 1.64 bits per heavy atom. The fourth-order valence-corrected chi connectivity index (χ4v) is 3.82. The third-order valence-corrected chi connectivity index (χ3v) is 5.09. The topological polar surface area (TPSA) is 40.4 Å². The van der Waals surface area contributed by atoms with Crippen LogP contribution in [0.4, 0.5) is 0 Å². The molecular formula is C21H25N3O. The van der Waals surface area contributed by atoms with Crippen molar-refractivity contribution in [3.63, 3.8) is 0 Å². The molecule has 2 heterocycles. The summed E-state index contributed by atoms with van der Waals surface area (Å²) in [7, 11) is 0. The van der Waals surface area contributed by atoms with Crippen LogP contribution in [0, 0.1) is 0 Å². The van der Waals surface area contributed by atoms with E-state index in [1.54, 1.807) is 0 Å². The smallest absolute Gasteiger partial charge is 0.0915 e. The number of nitrogens with zero attached hydrogens (tertiary/aromatic N) is 2. The molecule has 0 aliphatic carbocycles. The van der Waals surface area contributed by atoms with E-state index in [0.29, 0.717) is 6.54 Å². The zero-order valence-electron chi connectivity index (χ0n) is 14.4. The third-order valence-electron chi connectivity index (χ3n) is 5.09. The maximum atomic E-state index is 11.2. The highest BCUT2D eigenvalue weighted by molar-refractivity contribution is 5.80. The minimum Gasteiger partial charge on any atom is -0.389 e. The lowest BCUT2D eigenvalue weighted by molar-refractivity contribution is 0.0766. The Kier molecular flexibility index (Phi) is 4.83. The van der Waals surface area contributed by atoms with E-state index in [2.05, 4.69) is 63.4 Å². The summed E-state index contributed by atoms with van der Waals surface area (Å²) in [6, 6.07) is 20.7. The predicted molar refractivity (Wildman–Crippen MR) is 102 cm³/mol. The van der Waals surface area contributed by atoms with Crippen molar-refractivity contribution in [1.29, 1.82) is 0 Å². The molecule has 0 unspecified atom stereocenters. The first-order chi connectivity index (χ1) is 12.3. The van der Waals surface area contributed by atoms with Gasteiger partial charge in [0, 0.05) is 44.4 Å². The van der Waals surface area contributed by atoms with Crippen LogP contribution in [0.15, 0.2) is 66.9 Å². The fourth-order valence-electron chi connectivity index (χ4n) is 3.82. The Balaban J connectivity index is 1.69. The normalized spacial score (nSPS) is 18.3. The van der Waals surface area contributed by atoms with E-state index in [9.17, 15) is 5.11 Å². The molecule has 0 radical (unpaired) electrons. The molecule has 0 spiro atoms. The summed E-state index contributed by atoms with van der Waals surface area (Å²) in [5, 5.41) is 15.7. The van der Waals surface area contributed by atoms with Crippen LogP contribution in [0.25, 0.3) is 10.9 Å². The number of hydrogen-bond donors (Lipinski definition) is 2. The van der Waals surface area contributed by atoms with Crippen molar-refractivity contribution in [3.05, 3.63) is 72.4 Å². The average molecular weight is 335 g/mol. The second-order valence-electron chi connectivity index (χ2n) is 6.76. The number of benzene rings is 2. The quantitative estimate of drug-likeness (QED) is 0.753. The van der Waals surface area contributed by atoms with Crippen molar-refractivity contribution in [2.75, 3.05) is 32.7 Å². The highest BCUT2D eigenvalue weighted by Crippen LogP contribution is 2.28. The number of fused-ring (bicyclic) bond motifs is 1. The Morgan fingerprint density at radius 1 is 0.920 bits per heavy atom. The van der Waals surface area contributed by atoms with Crippen LogP contribution in [-0.4, -0.2) is 53.4 Å². The van der Waals surface area contributed by atoms with Crippen molar-refractivity contribution in [2.45, 2.75) is 12.1 Å². The predicted octanol–water partition coefficient (Wildman–Crippen LogP) is 2.50. The molecule has 2 N–H and O–H groups in total. The molecule has 1 saturated heterocycles. The lowest BCUT2D eigenvalue weighted by Crippen LogP contribution is -2.47. The molecular weight excluding hydrogens is 310 g/mol. The molecule has 4 nitrogen and oxygen atoms in total. The Bertz CT molecular complexity index is 808. The van der Waals surface area contributed by atoms with Gasteiger partial charge in [-0.3, -0.25) is 4.90 Å². The number of aliphatic hydroxyl groups is 1. The van der Waals surface area contributed by atoms with Crippen LogP contribution in [0.3, 0.4) is 0 Å². The number of β-amino-alcohol motifs (C(OH)–C–C–N with tert-alkyl or cyclic N) is 1. The number of aromatic nitrogens is 1. The number of aliphatic hydroxyl groups excluding tert-OH is 1. The first-order valence-corrected chi connectivity index (χ1v) is 9.04. The van der Waals surface area contributed by atoms with E-state index in [1.807, 2.05) is 18.2 Å². The van der Waals surface area contributed by atoms with E-state index in [-0.39, 0.29) is 6.04 Å². The maximum Gasteiger partial charge on any atom is 0.0915 e. The molecule has 2 atom stereocenters. The minimum absolute atomic E-state index is 0.0871. The summed E-state index contributed by atoms with van der Waals surface area (Å²) in [5.74, 6) is 0. The van der Waals surface area contributed by atoms with Crippen LogP contribution < -0.4 is 5.32 Å². The monoisotopic (exact) mass is 335 g/mol. The summed E-state index contributed by atoms with van der Waals surface area (Å²) in [6.45, 7) is 4.66. The molecule has 130 valence electrons. The van der Waals surface area contributed by atoms with Gasteiger partial charge in [-0.2, -0.15) is 0 Å². The summed E-state index contributed by atoms with van der Waals surface area (Å²) < 4.78 is 2.22. The molecule has 3 aromatic rings. The highest BCUT2D eigenvalue weighted by atomic mass is 16.3. The van der Waals surface area contributed by atoms with Crippen LogP contribution >= 0.6 is 0 Å². The third kappa shape index (κ3) is 3.47.